The van der Waals surface area contributed by atoms with Crippen LogP contribution < -0.4 is 5.32 Å². The number of thiophene rings is 1. The van der Waals surface area contributed by atoms with E-state index in [0.717, 1.165) is 13.1 Å². The van der Waals surface area contributed by atoms with Gasteiger partial charge in [-0.3, -0.25) is 9.69 Å². The molecule has 0 bridgehead atoms. The van der Waals surface area contributed by atoms with Crippen molar-refractivity contribution in [1.82, 2.24) is 14.5 Å². The van der Waals surface area contributed by atoms with Gasteiger partial charge < -0.3 is 10.1 Å². The lowest BCUT2D eigenvalue weighted by molar-refractivity contribution is -0.123. The van der Waals surface area contributed by atoms with Crippen LogP contribution in [0.15, 0.2) is 21.7 Å². The van der Waals surface area contributed by atoms with Crippen molar-refractivity contribution in [2.75, 3.05) is 33.2 Å². The van der Waals surface area contributed by atoms with Crippen LogP contribution in [-0.2, 0) is 19.6 Å². The van der Waals surface area contributed by atoms with E-state index in [-0.39, 0.29) is 23.7 Å². The number of nitrogens with zero attached hydrogens (tertiary/aromatic N) is 2. The maximum absolute atomic E-state index is 12.4. The molecule has 1 aliphatic heterocycles. The first kappa shape index (κ1) is 23.3. The second-order valence-electron chi connectivity index (χ2n) is 8.11. The Morgan fingerprint density at radius 2 is 2.00 bits per heavy atom. The molecular formula is C19H33N3O4S2. The third-order valence-electron chi connectivity index (χ3n) is 5.03. The summed E-state index contributed by atoms with van der Waals surface area (Å²) in [5.41, 5.74) is -0.165. The van der Waals surface area contributed by atoms with Crippen molar-refractivity contribution in [1.29, 1.82) is 0 Å². The lowest BCUT2D eigenvalue weighted by Gasteiger charge is -2.45. The Balaban J connectivity index is 1.75. The summed E-state index contributed by atoms with van der Waals surface area (Å²) < 4.78 is 32.2. The van der Waals surface area contributed by atoms with Gasteiger partial charge >= 0.3 is 0 Å². The maximum Gasteiger partial charge on any atom is 0.252 e. The molecule has 0 spiro atoms. The Labute approximate surface area is 173 Å². The molecule has 9 heteroatoms. The fraction of sp³-hybridized carbons (Fsp3) is 0.737. The predicted octanol–water partition coefficient (Wildman–Crippen LogP) is 2.15. The quantitative estimate of drug-likeness (QED) is 0.648. The van der Waals surface area contributed by atoms with E-state index in [2.05, 4.69) is 37.9 Å². The van der Waals surface area contributed by atoms with E-state index >= 15 is 0 Å². The molecule has 0 unspecified atom stereocenters. The number of amides is 1. The van der Waals surface area contributed by atoms with Crippen molar-refractivity contribution >= 4 is 27.3 Å². The van der Waals surface area contributed by atoms with Gasteiger partial charge in [0, 0.05) is 45.2 Å². The fourth-order valence-corrected chi connectivity index (χ4v) is 5.74. The van der Waals surface area contributed by atoms with Crippen LogP contribution >= 0.6 is 11.3 Å². The fourth-order valence-electron chi connectivity index (χ4n) is 3.33. The summed E-state index contributed by atoms with van der Waals surface area (Å²) in [7, 11) is -1.90. The van der Waals surface area contributed by atoms with Crippen LogP contribution in [0.1, 0.15) is 40.5 Å². The van der Waals surface area contributed by atoms with Crippen LogP contribution in [0.2, 0.25) is 0 Å². The molecule has 0 saturated carbocycles. The minimum Gasteiger partial charge on any atom is -0.373 e. The SMILES string of the molecule is C[C@@H]1CN(C(C)(C)CNC(=O)CCCN(C)S(=O)(=O)c2cccs2)C[C@@H](C)O1. The molecule has 2 atom stereocenters. The maximum atomic E-state index is 12.4. The number of morpholine rings is 1. The molecule has 7 nitrogen and oxygen atoms in total. The van der Waals surface area contributed by atoms with E-state index in [1.54, 1.807) is 24.6 Å². The summed E-state index contributed by atoms with van der Waals surface area (Å²) in [5.74, 6) is -0.0515. The van der Waals surface area contributed by atoms with Crippen LogP contribution in [0.3, 0.4) is 0 Å². The van der Waals surface area contributed by atoms with E-state index in [0.29, 0.717) is 30.1 Å². The van der Waals surface area contributed by atoms with Gasteiger partial charge in [0.05, 0.1) is 12.2 Å². The van der Waals surface area contributed by atoms with E-state index in [1.165, 1.54) is 15.6 Å². The number of carbonyl (C=O) groups is 1. The van der Waals surface area contributed by atoms with Gasteiger partial charge in [-0.2, -0.15) is 0 Å². The molecule has 160 valence electrons. The van der Waals surface area contributed by atoms with Gasteiger partial charge in [0.25, 0.3) is 10.0 Å². The first-order valence-corrected chi connectivity index (χ1v) is 12.0. The summed E-state index contributed by atoms with van der Waals surface area (Å²) in [6, 6.07) is 3.31. The van der Waals surface area contributed by atoms with Gasteiger partial charge in [-0.1, -0.05) is 6.07 Å². The Morgan fingerprint density at radius 3 is 2.57 bits per heavy atom. The topological polar surface area (TPSA) is 79.0 Å². The molecule has 1 aromatic rings. The van der Waals surface area contributed by atoms with Crippen LogP contribution in [-0.4, -0.2) is 74.5 Å². The number of rotatable bonds is 9. The average molecular weight is 432 g/mol. The third-order valence-corrected chi connectivity index (χ3v) is 8.26. The van der Waals surface area contributed by atoms with E-state index in [1.807, 2.05) is 0 Å². The molecule has 0 aromatic carbocycles. The van der Waals surface area contributed by atoms with Crippen molar-refractivity contribution < 1.29 is 17.9 Å². The van der Waals surface area contributed by atoms with Gasteiger partial charge in [-0.15, -0.1) is 11.3 Å². The molecule has 0 radical (unpaired) electrons. The number of ether oxygens (including phenoxy) is 1. The first-order chi connectivity index (χ1) is 13.0. The minimum atomic E-state index is -3.45. The predicted molar refractivity (Wildman–Crippen MR) is 112 cm³/mol. The molecule has 1 fully saturated rings. The van der Waals surface area contributed by atoms with Crippen LogP contribution in [0.25, 0.3) is 0 Å². The van der Waals surface area contributed by atoms with Gasteiger partial charge in [-0.25, -0.2) is 12.7 Å². The van der Waals surface area contributed by atoms with E-state index in [9.17, 15) is 13.2 Å². The zero-order valence-electron chi connectivity index (χ0n) is 17.5. The molecule has 0 aliphatic carbocycles. The van der Waals surface area contributed by atoms with Gasteiger partial charge in [0.2, 0.25) is 5.91 Å². The number of carbonyl (C=O) groups excluding carboxylic acids is 1. The van der Waals surface area contributed by atoms with Crippen molar-refractivity contribution in [3.63, 3.8) is 0 Å². The van der Waals surface area contributed by atoms with Crippen molar-refractivity contribution in [2.45, 2.75) is 62.5 Å². The van der Waals surface area contributed by atoms with E-state index in [4.69, 9.17) is 4.74 Å². The lowest BCUT2D eigenvalue weighted by Crippen LogP contribution is -2.58. The van der Waals surface area contributed by atoms with Gasteiger partial charge in [0.15, 0.2) is 0 Å². The number of nitrogens with one attached hydrogen (secondary N) is 1. The number of hydrogen-bond acceptors (Lipinski definition) is 6. The summed E-state index contributed by atoms with van der Waals surface area (Å²) in [6.07, 6.45) is 1.15. The summed E-state index contributed by atoms with van der Waals surface area (Å²) in [5, 5.41) is 4.74. The largest absolute Gasteiger partial charge is 0.373 e. The second-order valence-corrected chi connectivity index (χ2v) is 11.3. The minimum absolute atomic E-state index is 0.0515. The first-order valence-electron chi connectivity index (χ1n) is 9.69. The summed E-state index contributed by atoms with van der Waals surface area (Å²) in [4.78, 5) is 14.6. The zero-order valence-corrected chi connectivity index (χ0v) is 19.1. The van der Waals surface area contributed by atoms with Crippen molar-refractivity contribution in [3.8, 4) is 0 Å². The van der Waals surface area contributed by atoms with Crippen LogP contribution in [0, 0.1) is 0 Å². The lowest BCUT2D eigenvalue weighted by atomic mass is 10.00. The molecule has 1 amide bonds. The summed E-state index contributed by atoms with van der Waals surface area (Å²) >= 11 is 1.20. The second kappa shape index (κ2) is 9.67. The normalized spacial score (nSPS) is 21.8. The molecule has 2 rings (SSSR count). The Kier molecular flexibility index (Phi) is 8.04. The highest BCUT2D eigenvalue weighted by Gasteiger charge is 2.33. The Hall–Kier alpha value is -1.00. The Morgan fingerprint density at radius 1 is 1.36 bits per heavy atom. The molecule has 1 N–H and O–H groups in total. The van der Waals surface area contributed by atoms with E-state index < -0.39 is 10.0 Å². The molecule has 1 aliphatic rings. The third kappa shape index (κ3) is 6.25. The summed E-state index contributed by atoms with van der Waals surface area (Å²) in [6.45, 7) is 10.9. The van der Waals surface area contributed by atoms with Crippen LogP contribution in [0.5, 0.6) is 0 Å². The average Bonchev–Trinajstić information content (AvgIpc) is 3.14. The molecule has 1 saturated heterocycles. The Bertz CT molecular complexity index is 724. The smallest absolute Gasteiger partial charge is 0.252 e. The monoisotopic (exact) mass is 431 g/mol. The number of sulfonamides is 1. The highest BCUT2D eigenvalue weighted by atomic mass is 32.2. The molecule has 2 heterocycles. The molecule has 1 aromatic heterocycles. The molecular weight excluding hydrogens is 398 g/mol. The van der Waals surface area contributed by atoms with Crippen molar-refractivity contribution in [2.24, 2.45) is 0 Å². The highest BCUT2D eigenvalue weighted by molar-refractivity contribution is 7.91. The van der Waals surface area contributed by atoms with Gasteiger partial charge in [0.1, 0.15) is 4.21 Å². The molecule has 28 heavy (non-hydrogen) atoms. The highest BCUT2D eigenvalue weighted by Crippen LogP contribution is 2.21. The number of hydrogen-bond donors (Lipinski definition) is 1. The van der Waals surface area contributed by atoms with Crippen LogP contribution in [0.4, 0.5) is 0 Å². The van der Waals surface area contributed by atoms with Gasteiger partial charge in [-0.05, 0) is 45.6 Å². The standard InChI is InChI=1S/C19H33N3O4S2/c1-15-12-22(13-16(2)26-15)19(3,4)14-20-17(23)8-6-10-21(5)28(24,25)18-9-7-11-27-18/h7,9,11,15-16H,6,8,10,12-14H2,1-5H3,(H,20,23)/t15-,16-/m1/s1. The van der Waals surface area contributed by atoms with Crippen molar-refractivity contribution in [3.05, 3.63) is 17.5 Å². The zero-order chi connectivity index (χ0) is 20.9.